The lowest BCUT2D eigenvalue weighted by molar-refractivity contribution is -0.146. The third-order valence-corrected chi connectivity index (χ3v) is 4.50. The van der Waals surface area contributed by atoms with Gasteiger partial charge in [0.15, 0.2) is 0 Å². The second-order valence-electron chi connectivity index (χ2n) is 5.79. The van der Waals surface area contributed by atoms with Crippen molar-refractivity contribution < 1.29 is 19.1 Å². The van der Waals surface area contributed by atoms with Crippen molar-refractivity contribution in [2.75, 3.05) is 5.32 Å². The van der Waals surface area contributed by atoms with E-state index in [-0.39, 0.29) is 17.7 Å². The van der Waals surface area contributed by atoms with E-state index >= 15 is 0 Å². The van der Waals surface area contributed by atoms with E-state index in [1.807, 2.05) is 12.2 Å². The van der Waals surface area contributed by atoms with Gasteiger partial charge in [0.05, 0.1) is 11.8 Å². The van der Waals surface area contributed by atoms with Crippen LogP contribution in [0.5, 0.6) is 0 Å². The molecule has 3 rings (SSSR count). The minimum absolute atomic E-state index is 0.0371. The topological polar surface area (TPSA) is 66.4 Å². The van der Waals surface area contributed by atoms with Crippen LogP contribution in [0.2, 0.25) is 0 Å². The number of carboxylic acids is 1. The molecule has 1 amide bonds. The molecule has 110 valence electrons. The molecule has 2 N–H and O–H groups in total. The molecule has 0 aromatic heterocycles. The number of nitrogens with one attached hydrogen (secondary N) is 1. The van der Waals surface area contributed by atoms with Gasteiger partial charge in [-0.05, 0) is 42.9 Å². The largest absolute Gasteiger partial charge is 0.481 e. The summed E-state index contributed by atoms with van der Waals surface area (Å²) in [5.74, 6) is -3.09. The molecule has 21 heavy (non-hydrogen) atoms. The number of amides is 1. The van der Waals surface area contributed by atoms with E-state index in [9.17, 15) is 19.1 Å². The van der Waals surface area contributed by atoms with Crippen LogP contribution in [0.25, 0.3) is 0 Å². The van der Waals surface area contributed by atoms with Gasteiger partial charge in [0.2, 0.25) is 5.91 Å². The van der Waals surface area contributed by atoms with Gasteiger partial charge in [-0.2, -0.15) is 0 Å². The first-order valence-corrected chi connectivity index (χ1v) is 6.95. The number of allylic oxidation sites excluding steroid dienone is 2. The van der Waals surface area contributed by atoms with Crippen molar-refractivity contribution in [2.24, 2.45) is 23.7 Å². The van der Waals surface area contributed by atoms with Crippen molar-refractivity contribution in [2.45, 2.75) is 13.3 Å². The number of benzene rings is 1. The molecule has 0 radical (unpaired) electrons. The highest BCUT2D eigenvalue weighted by atomic mass is 19.1. The Labute approximate surface area is 121 Å². The van der Waals surface area contributed by atoms with Crippen molar-refractivity contribution in [1.82, 2.24) is 0 Å². The lowest BCUT2D eigenvalue weighted by Gasteiger charge is -2.24. The van der Waals surface area contributed by atoms with Crippen LogP contribution in [0.3, 0.4) is 0 Å². The Kier molecular flexibility index (Phi) is 3.27. The third kappa shape index (κ3) is 2.33. The fourth-order valence-electron chi connectivity index (χ4n) is 3.46. The predicted octanol–water partition coefficient (Wildman–Crippen LogP) is 2.60. The summed E-state index contributed by atoms with van der Waals surface area (Å²) in [6.45, 7) is 1.77. The summed E-state index contributed by atoms with van der Waals surface area (Å²) in [6.07, 6.45) is 4.52. The van der Waals surface area contributed by atoms with Crippen molar-refractivity contribution in [3.63, 3.8) is 0 Å². The van der Waals surface area contributed by atoms with Crippen LogP contribution in [-0.2, 0) is 9.59 Å². The van der Waals surface area contributed by atoms with Gasteiger partial charge in [-0.1, -0.05) is 18.2 Å². The SMILES string of the molecule is Cc1ccc(F)cc1NC(=O)[C@@H]1[C@@H](C(=O)O)[C@H]2C=C[C@@H]1C2. The summed E-state index contributed by atoms with van der Waals surface area (Å²) in [5, 5.41) is 12.0. The summed E-state index contributed by atoms with van der Waals surface area (Å²) in [6, 6.07) is 4.16. The number of halogens is 1. The van der Waals surface area contributed by atoms with Crippen LogP contribution < -0.4 is 5.32 Å². The molecular formula is C16H16FNO3. The average Bonchev–Trinajstić information content (AvgIpc) is 3.03. The van der Waals surface area contributed by atoms with Crippen molar-refractivity contribution in [1.29, 1.82) is 0 Å². The Morgan fingerprint density at radius 2 is 1.90 bits per heavy atom. The standard InChI is InChI=1S/C16H16FNO3/c1-8-2-5-11(17)7-12(8)18-15(19)13-9-3-4-10(6-9)14(13)16(20)21/h2-5,7,9-10,13-14H,6H2,1H3,(H,18,19)(H,20,21)/t9-,10+,13+,14+/m1/s1. The van der Waals surface area contributed by atoms with Gasteiger partial charge in [0.25, 0.3) is 0 Å². The van der Waals surface area contributed by atoms with E-state index in [1.165, 1.54) is 12.1 Å². The number of anilines is 1. The number of carbonyl (C=O) groups excluding carboxylic acids is 1. The van der Waals surface area contributed by atoms with Crippen molar-refractivity contribution in [3.05, 3.63) is 41.7 Å². The molecular weight excluding hydrogens is 273 g/mol. The minimum atomic E-state index is -0.942. The number of carboxylic acid groups (broad SMARTS) is 1. The maximum absolute atomic E-state index is 13.3. The lowest BCUT2D eigenvalue weighted by atomic mass is 9.82. The zero-order chi connectivity index (χ0) is 15.1. The van der Waals surface area contributed by atoms with E-state index < -0.39 is 23.6 Å². The maximum atomic E-state index is 13.3. The van der Waals surface area contributed by atoms with Gasteiger partial charge in [-0.25, -0.2) is 4.39 Å². The van der Waals surface area contributed by atoms with Crippen LogP contribution in [0.15, 0.2) is 30.4 Å². The average molecular weight is 289 g/mol. The van der Waals surface area contributed by atoms with Gasteiger partial charge in [0.1, 0.15) is 5.82 Å². The number of hydrogen-bond acceptors (Lipinski definition) is 2. The highest BCUT2D eigenvalue weighted by molar-refractivity contribution is 5.96. The molecule has 5 heteroatoms. The second-order valence-corrected chi connectivity index (χ2v) is 5.79. The number of aliphatic carboxylic acids is 1. The molecule has 0 aliphatic heterocycles. The normalized spacial score (nSPS) is 29.6. The molecule has 1 fully saturated rings. The van der Waals surface area contributed by atoms with Crippen LogP contribution in [0.4, 0.5) is 10.1 Å². The van der Waals surface area contributed by atoms with E-state index in [0.717, 1.165) is 5.56 Å². The zero-order valence-electron chi connectivity index (χ0n) is 11.5. The van der Waals surface area contributed by atoms with Gasteiger partial charge in [-0.3, -0.25) is 9.59 Å². The number of hydrogen-bond donors (Lipinski definition) is 2. The van der Waals surface area contributed by atoms with E-state index in [0.29, 0.717) is 12.1 Å². The highest BCUT2D eigenvalue weighted by Crippen LogP contribution is 2.48. The zero-order valence-corrected chi connectivity index (χ0v) is 11.5. The molecule has 0 unspecified atom stereocenters. The fourth-order valence-corrected chi connectivity index (χ4v) is 3.46. The molecule has 4 atom stereocenters. The Balaban J connectivity index is 1.83. The minimum Gasteiger partial charge on any atom is -0.481 e. The molecule has 0 saturated heterocycles. The number of carbonyl (C=O) groups is 2. The van der Waals surface area contributed by atoms with Gasteiger partial charge in [-0.15, -0.1) is 0 Å². The summed E-state index contributed by atoms with van der Waals surface area (Å²) in [5.41, 5.74) is 1.14. The molecule has 2 bridgehead atoms. The molecule has 4 nitrogen and oxygen atoms in total. The lowest BCUT2D eigenvalue weighted by Crippen LogP contribution is -2.36. The van der Waals surface area contributed by atoms with E-state index in [2.05, 4.69) is 5.32 Å². The molecule has 1 saturated carbocycles. The number of aryl methyl sites for hydroxylation is 1. The van der Waals surface area contributed by atoms with E-state index in [4.69, 9.17) is 0 Å². The number of rotatable bonds is 3. The van der Waals surface area contributed by atoms with Crippen molar-refractivity contribution in [3.8, 4) is 0 Å². The van der Waals surface area contributed by atoms with E-state index in [1.54, 1.807) is 13.0 Å². The summed E-state index contributed by atoms with van der Waals surface area (Å²) in [4.78, 5) is 23.9. The molecule has 0 heterocycles. The van der Waals surface area contributed by atoms with Crippen LogP contribution >= 0.6 is 0 Å². The first-order valence-electron chi connectivity index (χ1n) is 6.95. The highest BCUT2D eigenvalue weighted by Gasteiger charge is 2.51. The Bertz CT molecular complexity index is 640. The van der Waals surface area contributed by atoms with Crippen LogP contribution in [0, 0.1) is 36.4 Å². The summed E-state index contributed by atoms with van der Waals surface area (Å²) < 4.78 is 13.3. The Morgan fingerprint density at radius 3 is 2.57 bits per heavy atom. The third-order valence-electron chi connectivity index (χ3n) is 4.50. The maximum Gasteiger partial charge on any atom is 0.307 e. The summed E-state index contributed by atoms with van der Waals surface area (Å²) in [7, 11) is 0. The smallest absolute Gasteiger partial charge is 0.307 e. The molecule has 2 aliphatic carbocycles. The Hall–Kier alpha value is -2.17. The van der Waals surface area contributed by atoms with Gasteiger partial charge in [0, 0.05) is 5.69 Å². The number of fused-ring (bicyclic) bond motifs is 2. The second kappa shape index (κ2) is 4.98. The first-order chi connectivity index (χ1) is 9.97. The molecule has 2 aliphatic rings. The summed E-state index contributed by atoms with van der Waals surface area (Å²) >= 11 is 0. The van der Waals surface area contributed by atoms with Gasteiger partial charge < -0.3 is 10.4 Å². The fraction of sp³-hybridized carbons (Fsp3) is 0.375. The Morgan fingerprint density at radius 1 is 1.24 bits per heavy atom. The van der Waals surface area contributed by atoms with Crippen LogP contribution in [0.1, 0.15) is 12.0 Å². The molecule has 1 aromatic rings. The van der Waals surface area contributed by atoms with Crippen LogP contribution in [-0.4, -0.2) is 17.0 Å². The monoisotopic (exact) mass is 289 g/mol. The first kappa shape index (κ1) is 13.8. The van der Waals surface area contributed by atoms with Gasteiger partial charge >= 0.3 is 5.97 Å². The molecule has 1 aromatic carbocycles. The quantitative estimate of drug-likeness (QED) is 0.841. The predicted molar refractivity (Wildman–Crippen MR) is 75.1 cm³/mol. The molecule has 0 spiro atoms. The van der Waals surface area contributed by atoms with Crippen molar-refractivity contribution >= 4 is 17.6 Å².